The van der Waals surface area contributed by atoms with Crippen molar-refractivity contribution in [2.75, 3.05) is 11.9 Å². The lowest BCUT2D eigenvalue weighted by atomic mass is 10.1. The van der Waals surface area contributed by atoms with Crippen LogP contribution in [0.4, 0.5) is 5.82 Å². The van der Waals surface area contributed by atoms with Crippen LogP contribution in [0.2, 0.25) is 0 Å². The van der Waals surface area contributed by atoms with E-state index in [0.717, 1.165) is 30.2 Å². The van der Waals surface area contributed by atoms with Gasteiger partial charge in [-0.3, -0.25) is 0 Å². The number of hydrogen-bond donors (Lipinski definition) is 2. The Balaban J connectivity index is 1.82. The van der Waals surface area contributed by atoms with Crippen molar-refractivity contribution in [1.82, 2.24) is 9.97 Å². The van der Waals surface area contributed by atoms with Gasteiger partial charge < -0.3 is 11.1 Å². The number of nitrogens with two attached hydrogens (primary N) is 1. The fourth-order valence-electron chi connectivity index (χ4n) is 1.78. The third kappa shape index (κ3) is 3.53. The van der Waals surface area contributed by atoms with Crippen LogP contribution in [0.3, 0.4) is 0 Å². The second kappa shape index (κ2) is 6.12. The molecule has 4 nitrogen and oxygen atoms in total. The van der Waals surface area contributed by atoms with Crippen molar-refractivity contribution < 1.29 is 0 Å². The van der Waals surface area contributed by atoms with E-state index in [1.54, 1.807) is 6.20 Å². The van der Waals surface area contributed by atoms with E-state index < -0.39 is 0 Å². The average Bonchev–Trinajstić information content (AvgIpc) is 2.40. The van der Waals surface area contributed by atoms with Gasteiger partial charge in [-0.15, -0.1) is 0 Å². The lowest BCUT2D eigenvalue weighted by Crippen LogP contribution is -2.15. The number of hydrogen-bond acceptors (Lipinski definition) is 4. The Hall–Kier alpha value is -1.94. The lowest BCUT2D eigenvalue weighted by molar-refractivity contribution is 0.674. The molecule has 1 atom stereocenters. The van der Waals surface area contributed by atoms with E-state index in [4.69, 9.17) is 5.73 Å². The molecule has 0 bridgehead atoms. The van der Waals surface area contributed by atoms with E-state index in [9.17, 15) is 0 Å². The van der Waals surface area contributed by atoms with Gasteiger partial charge in [0.15, 0.2) is 0 Å². The van der Waals surface area contributed by atoms with Crippen molar-refractivity contribution in [3.05, 3.63) is 54.0 Å². The van der Waals surface area contributed by atoms with Crippen molar-refractivity contribution in [3.63, 3.8) is 0 Å². The van der Waals surface area contributed by atoms with E-state index in [2.05, 4.69) is 27.4 Å². The standard InChI is InChI=1S/C14H18N4/c1-11-16-10-8-14(18-11)17-9-7-13(15)12-5-3-2-4-6-12/h2-6,8,10,13H,7,9,15H2,1H3,(H,16,17,18). The Morgan fingerprint density at radius 2 is 2.00 bits per heavy atom. The number of nitrogens with one attached hydrogen (secondary N) is 1. The molecule has 0 saturated carbocycles. The molecule has 3 N–H and O–H groups in total. The minimum atomic E-state index is 0.0571. The van der Waals surface area contributed by atoms with Gasteiger partial charge in [0.05, 0.1) is 0 Å². The van der Waals surface area contributed by atoms with Crippen molar-refractivity contribution in [3.8, 4) is 0 Å². The average molecular weight is 242 g/mol. The molecule has 0 saturated heterocycles. The van der Waals surface area contributed by atoms with Crippen LogP contribution in [0, 0.1) is 6.92 Å². The van der Waals surface area contributed by atoms with Crippen LogP contribution in [-0.2, 0) is 0 Å². The summed E-state index contributed by atoms with van der Waals surface area (Å²) >= 11 is 0. The van der Waals surface area contributed by atoms with Crippen LogP contribution in [0.1, 0.15) is 23.9 Å². The predicted octanol–water partition coefficient (Wildman–Crippen LogP) is 2.29. The molecule has 1 aromatic carbocycles. The van der Waals surface area contributed by atoms with Crippen LogP contribution in [0.25, 0.3) is 0 Å². The van der Waals surface area contributed by atoms with Gasteiger partial charge >= 0.3 is 0 Å². The molecule has 0 spiro atoms. The summed E-state index contributed by atoms with van der Waals surface area (Å²) < 4.78 is 0. The topological polar surface area (TPSA) is 63.8 Å². The third-order valence-corrected chi connectivity index (χ3v) is 2.77. The van der Waals surface area contributed by atoms with Gasteiger partial charge in [0.2, 0.25) is 0 Å². The molecular weight excluding hydrogens is 224 g/mol. The summed E-state index contributed by atoms with van der Waals surface area (Å²) in [5.41, 5.74) is 7.28. The quantitative estimate of drug-likeness (QED) is 0.844. The summed E-state index contributed by atoms with van der Waals surface area (Å²) in [4.78, 5) is 8.33. The molecule has 0 fully saturated rings. The third-order valence-electron chi connectivity index (χ3n) is 2.77. The number of benzene rings is 1. The van der Waals surface area contributed by atoms with E-state index in [1.807, 2.05) is 31.2 Å². The molecule has 2 aromatic rings. The molecule has 0 amide bonds. The van der Waals surface area contributed by atoms with Crippen LogP contribution in [0.5, 0.6) is 0 Å². The number of aryl methyl sites for hydroxylation is 1. The highest BCUT2D eigenvalue weighted by molar-refractivity contribution is 5.32. The number of aromatic nitrogens is 2. The van der Waals surface area contributed by atoms with Gasteiger partial charge in [-0.1, -0.05) is 30.3 Å². The maximum Gasteiger partial charge on any atom is 0.129 e. The monoisotopic (exact) mass is 242 g/mol. The zero-order valence-corrected chi connectivity index (χ0v) is 10.5. The Bertz CT molecular complexity index is 484. The number of nitrogens with zero attached hydrogens (tertiary/aromatic N) is 2. The maximum absolute atomic E-state index is 6.12. The summed E-state index contributed by atoms with van der Waals surface area (Å²) in [7, 11) is 0. The van der Waals surface area contributed by atoms with Crippen molar-refractivity contribution in [1.29, 1.82) is 0 Å². The number of rotatable bonds is 5. The summed E-state index contributed by atoms with van der Waals surface area (Å²) in [6.07, 6.45) is 2.62. The van der Waals surface area contributed by atoms with Gasteiger partial charge in [-0.05, 0) is 25.0 Å². The van der Waals surface area contributed by atoms with Gasteiger partial charge in [-0.25, -0.2) is 9.97 Å². The molecule has 1 aromatic heterocycles. The first kappa shape index (κ1) is 12.5. The Morgan fingerprint density at radius 3 is 2.72 bits per heavy atom. The summed E-state index contributed by atoms with van der Waals surface area (Å²) in [6, 6.07) is 12.0. The summed E-state index contributed by atoms with van der Waals surface area (Å²) in [5.74, 6) is 1.62. The molecule has 0 aliphatic carbocycles. The van der Waals surface area contributed by atoms with Crippen molar-refractivity contribution in [2.24, 2.45) is 5.73 Å². The van der Waals surface area contributed by atoms with Gasteiger partial charge in [-0.2, -0.15) is 0 Å². The van der Waals surface area contributed by atoms with Crippen LogP contribution in [-0.4, -0.2) is 16.5 Å². The van der Waals surface area contributed by atoms with E-state index >= 15 is 0 Å². The minimum absolute atomic E-state index is 0.0571. The molecule has 18 heavy (non-hydrogen) atoms. The maximum atomic E-state index is 6.12. The highest BCUT2D eigenvalue weighted by atomic mass is 15.0. The summed E-state index contributed by atoms with van der Waals surface area (Å²) in [5, 5.41) is 3.26. The zero-order valence-electron chi connectivity index (χ0n) is 10.5. The molecule has 0 aliphatic heterocycles. The Kier molecular flexibility index (Phi) is 4.25. The fraction of sp³-hybridized carbons (Fsp3) is 0.286. The number of anilines is 1. The normalized spacial score (nSPS) is 12.1. The van der Waals surface area contributed by atoms with Crippen molar-refractivity contribution in [2.45, 2.75) is 19.4 Å². The molecule has 0 aliphatic rings. The minimum Gasteiger partial charge on any atom is -0.370 e. The van der Waals surface area contributed by atoms with Gasteiger partial charge in [0, 0.05) is 18.8 Å². The second-order valence-corrected chi connectivity index (χ2v) is 4.22. The highest BCUT2D eigenvalue weighted by Gasteiger charge is 2.04. The molecule has 94 valence electrons. The zero-order chi connectivity index (χ0) is 12.8. The van der Waals surface area contributed by atoms with E-state index in [-0.39, 0.29) is 6.04 Å². The van der Waals surface area contributed by atoms with Crippen LogP contribution in [0.15, 0.2) is 42.6 Å². The largest absolute Gasteiger partial charge is 0.370 e. The first-order valence-corrected chi connectivity index (χ1v) is 6.10. The predicted molar refractivity (Wildman–Crippen MR) is 73.2 cm³/mol. The smallest absolute Gasteiger partial charge is 0.129 e. The second-order valence-electron chi connectivity index (χ2n) is 4.22. The van der Waals surface area contributed by atoms with Crippen LogP contribution >= 0.6 is 0 Å². The molecule has 2 rings (SSSR count). The SMILES string of the molecule is Cc1nccc(NCCC(N)c2ccccc2)n1. The molecule has 4 heteroatoms. The molecular formula is C14H18N4. The van der Waals surface area contributed by atoms with E-state index in [1.165, 1.54) is 0 Å². The first-order chi connectivity index (χ1) is 8.75. The highest BCUT2D eigenvalue weighted by Crippen LogP contribution is 2.13. The van der Waals surface area contributed by atoms with Crippen molar-refractivity contribution >= 4 is 5.82 Å². The molecule has 0 radical (unpaired) electrons. The van der Waals surface area contributed by atoms with E-state index in [0.29, 0.717) is 0 Å². The fourth-order valence-corrected chi connectivity index (χ4v) is 1.78. The Morgan fingerprint density at radius 1 is 1.22 bits per heavy atom. The van der Waals surface area contributed by atoms with Gasteiger partial charge in [0.1, 0.15) is 11.6 Å². The van der Waals surface area contributed by atoms with Crippen LogP contribution < -0.4 is 11.1 Å². The molecule has 1 unspecified atom stereocenters. The Labute approximate surface area is 107 Å². The summed E-state index contributed by atoms with van der Waals surface area (Å²) in [6.45, 7) is 2.67. The van der Waals surface area contributed by atoms with Gasteiger partial charge in [0.25, 0.3) is 0 Å². The molecule has 1 heterocycles. The lowest BCUT2D eigenvalue weighted by Gasteiger charge is -2.12. The first-order valence-electron chi connectivity index (χ1n) is 6.10.